The number of anilines is 1. The van der Waals surface area contributed by atoms with Crippen molar-refractivity contribution in [1.29, 1.82) is 0 Å². The molecule has 0 fully saturated rings. The van der Waals surface area contributed by atoms with Gasteiger partial charge in [0.2, 0.25) is 5.28 Å². The summed E-state index contributed by atoms with van der Waals surface area (Å²) in [5.74, 6) is 0.568. The van der Waals surface area contributed by atoms with Gasteiger partial charge >= 0.3 is 0 Å². The SMILES string of the molecule is OCCN(CCO)c1nc(Cl)ncc1Br. The van der Waals surface area contributed by atoms with Crippen LogP contribution in [0.15, 0.2) is 10.7 Å². The van der Waals surface area contributed by atoms with E-state index in [0.29, 0.717) is 23.4 Å². The second-order valence-corrected chi connectivity index (χ2v) is 3.94. The summed E-state index contributed by atoms with van der Waals surface area (Å²) in [6, 6.07) is 0. The van der Waals surface area contributed by atoms with Crippen molar-refractivity contribution in [3.8, 4) is 0 Å². The molecule has 0 aromatic carbocycles. The van der Waals surface area contributed by atoms with Gasteiger partial charge < -0.3 is 15.1 Å². The van der Waals surface area contributed by atoms with Crippen LogP contribution in [0, 0.1) is 0 Å². The van der Waals surface area contributed by atoms with Crippen LogP contribution in [0.2, 0.25) is 5.28 Å². The molecule has 0 aliphatic carbocycles. The minimum absolute atomic E-state index is 0.0198. The fourth-order valence-electron chi connectivity index (χ4n) is 1.12. The Hall–Kier alpha value is -0.430. The van der Waals surface area contributed by atoms with E-state index < -0.39 is 0 Å². The van der Waals surface area contributed by atoms with E-state index in [1.165, 1.54) is 6.20 Å². The molecule has 2 N–H and O–H groups in total. The largest absolute Gasteiger partial charge is 0.395 e. The standard InChI is InChI=1S/C8H11BrClN3O2/c9-6-5-11-8(10)12-7(6)13(1-3-14)2-4-15/h5,14-15H,1-4H2. The molecule has 0 spiro atoms. The van der Waals surface area contributed by atoms with Crippen LogP contribution in [0.25, 0.3) is 0 Å². The summed E-state index contributed by atoms with van der Waals surface area (Å²) in [6.07, 6.45) is 1.53. The maximum absolute atomic E-state index is 8.87. The van der Waals surface area contributed by atoms with Crippen LogP contribution in [0.5, 0.6) is 0 Å². The van der Waals surface area contributed by atoms with Crippen molar-refractivity contribution in [2.75, 3.05) is 31.2 Å². The zero-order valence-corrected chi connectivity index (χ0v) is 10.2. The number of aliphatic hydroxyl groups excluding tert-OH is 2. The molecule has 1 aromatic rings. The first kappa shape index (κ1) is 12.6. The molecule has 0 atom stereocenters. The second kappa shape index (κ2) is 6.22. The van der Waals surface area contributed by atoms with E-state index in [2.05, 4.69) is 25.9 Å². The van der Waals surface area contributed by atoms with Crippen LogP contribution in [0.1, 0.15) is 0 Å². The molecule has 1 aromatic heterocycles. The fourth-order valence-corrected chi connectivity index (χ4v) is 1.69. The number of hydrogen-bond acceptors (Lipinski definition) is 5. The molecule has 0 unspecified atom stereocenters. The van der Waals surface area contributed by atoms with Crippen molar-refractivity contribution in [1.82, 2.24) is 9.97 Å². The molecule has 0 saturated carbocycles. The summed E-state index contributed by atoms with van der Waals surface area (Å²) in [7, 11) is 0. The van der Waals surface area contributed by atoms with E-state index in [0.717, 1.165) is 0 Å². The molecule has 0 aliphatic heterocycles. The highest BCUT2D eigenvalue weighted by atomic mass is 79.9. The van der Waals surface area contributed by atoms with Crippen molar-refractivity contribution in [2.45, 2.75) is 0 Å². The Bertz CT molecular complexity index is 321. The molecule has 0 saturated heterocycles. The molecule has 84 valence electrons. The molecule has 5 nitrogen and oxygen atoms in total. The van der Waals surface area contributed by atoms with Gasteiger partial charge in [-0.25, -0.2) is 4.98 Å². The molecule has 7 heteroatoms. The second-order valence-electron chi connectivity index (χ2n) is 2.74. The van der Waals surface area contributed by atoms with Gasteiger partial charge in [0.25, 0.3) is 0 Å². The van der Waals surface area contributed by atoms with E-state index in [9.17, 15) is 0 Å². The topological polar surface area (TPSA) is 69.5 Å². The molecule has 1 rings (SSSR count). The Balaban J connectivity index is 2.93. The van der Waals surface area contributed by atoms with Gasteiger partial charge in [0.1, 0.15) is 5.82 Å². The zero-order valence-electron chi connectivity index (χ0n) is 7.90. The first-order chi connectivity index (χ1) is 7.19. The summed E-state index contributed by atoms with van der Waals surface area (Å²) in [4.78, 5) is 9.54. The van der Waals surface area contributed by atoms with Crippen LogP contribution < -0.4 is 4.90 Å². The van der Waals surface area contributed by atoms with Gasteiger partial charge in [0, 0.05) is 19.3 Å². The lowest BCUT2D eigenvalue weighted by atomic mass is 10.4. The van der Waals surface area contributed by atoms with Crippen molar-refractivity contribution in [2.24, 2.45) is 0 Å². The van der Waals surface area contributed by atoms with Crippen molar-refractivity contribution in [3.05, 3.63) is 16.0 Å². The molecule has 0 aliphatic rings. The molecule has 15 heavy (non-hydrogen) atoms. The average Bonchev–Trinajstić information content (AvgIpc) is 2.21. The third-order valence-electron chi connectivity index (χ3n) is 1.74. The highest BCUT2D eigenvalue weighted by Gasteiger charge is 2.11. The lowest BCUT2D eigenvalue weighted by Crippen LogP contribution is -2.30. The summed E-state index contributed by atoms with van der Waals surface area (Å²) in [5.41, 5.74) is 0. The lowest BCUT2D eigenvalue weighted by molar-refractivity contribution is 0.280. The minimum atomic E-state index is -0.0198. The first-order valence-electron chi connectivity index (χ1n) is 4.33. The number of aliphatic hydroxyl groups is 2. The summed E-state index contributed by atoms with van der Waals surface area (Å²) in [5, 5.41) is 17.9. The molecule has 0 radical (unpaired) electrons. The fraction of sp³-hybridized carbons (Fsp3) is 0.500. The Kier molecular flexibility index (Phi) is 5.24. The van der Waals surface area contributed by atoms with Crippen LogP contribution in [0.3, 0.4) is 0 Å². The Morgan fingerprint density at radius 1 is 1.33 bits per heavy atom. The first-order valence-corrected chi connectivity index (χ1v) is 5.51. The van der Waals surface area contributed by atoms with Gasteiger partial charge in [-0.15, -0.1) is 0 Å². The maximum Gasteiger partial charge on any atom is 0.224 e. The van der Waals surface area contributed by atoms with Crippen LogP contribution in [-0.2, 0) is 0 Å². The minimum Gasteiger partial charge on any atom is -0.395 e. The van der Waals surface area contributed by atoms with E-state index >= 15 is 0 Å². The average molecular weight is 297 g/mol. The van der Waals surface area contributed by atoms with E-state index in [-0.39, 0.29) is 18.5 Å². The third-order valence-corrected chi connectivity index (χ3v) is 2.48. The quantitative estimate of drug-likeness (QED) is 0.782. The molecule has 0 amide bonds. The number of hydrogen-bond donors (Lipinski definition) is 2. The predicted molar refractivity (Wildman–Crippen MR) is 61.1 cm³/mol. The lowest BCUT2D eigenvalue weighted by Gasteiger charge is -2.22. The Morgan fingerprint density at radius 3 is 2.47 bits per heavy atom. The Labute approximate surface area is 101 Å². The van der Waals surface area contributed by atoms with E-state index in [1.54, 1.807) is 4.90 Å². The molecule has 0 bridgehead atoms. The van der Waals surface area contributed by atoms with Gasteiger partial charge in [-0.1, -0.05) is 0 Å². The molecule has 1 heterocycles. The highest BCUT2D eigenvalue weighted by Crippen LogP contribution is 2.23. The van der Waals surface area contributed by atoms with Gasteiger partial charge in [0.05, 0.1) is 17.7 Å². The summed E-state index contributed by atoms with van der Waals surface area (Å²) >= 11 is 8.95. The monoisotopic (exact) mass is 295 g/mol. The number of aromatic nitrogens is 2. The van der Waals surface area contributed by atoms with Crippen molar-refractivity contribution in [3.63, 3.8) is 0 Å². The number of nitrogens with zero attached hydrogens (tertiary/aromatic N) is 3. The Morgan fingerprint density at radius 2 is 1.93 bits per heavy atom. The van der Waals surface area contributed by atoms with Gasteiger partial charge in [-0.3, -0.25) is 0 Å². The normalized spacial score (nSPS) is 10.4. The maximum atomic E-state index is 8.87. The van der Waals surface area contributed by atoms with Crippen molar-refractivity contribution < 1.29 is 10.2 Å². The molecular formula is C8H11BrClN3O2. The summed E-state index contributed by atoms with van der Waals surface area (Å²) in [6.45, 7) is 0.723. The van der Waals surface area contributed by atoms with Gasteiger partial charge in [0.15, 0.2) is 0 Å². The predicted octanol–water partition coefficient (Wildman–Crippen LogP) is 0.683. The summed E-state index contributed by atoms with van der Waals surface area (Å²) < 4.78 is 0.675. The van der Waals surface area contributed by atoms with Crippen LogP contribution in [0.4, 0.5) is 5.82 Å². The molecular weight excluding hydrogens is 285 g/mol. The third kappa shape index (κ3) is 3.57. The van der Waals surface area contributed by atoms with E-state index in [1.807, 2.05) is 0 Å². The van der Waals surface area contributed by atoms with Crippen molar-refractivity contribution >= 4 is 33.3 Å². The zero-order chi connectivity index (χ0) is 11.3. The van der Waals surface area contributed by atoms with E-state index in [4.69, 9.17) is 21.8 Å². The number of rotatable bonds is 5. The smallest absolute Gasteiger partial charge is 0.224 e. The van der Waals surface area contributed by atoms with Crippen LogP contribution in [-0.4, -0.2) is 46.5 Å². The van der Waals surface area contributed by atoms with Gasteiger partial charge in [-0.2, -0.15) is 4.98 Å². The highest BCUT2D eigenvalue weighted by molar-refractivity contribution is 9.10. The van der Waals surface area contributed by atoms with Gasteiger partial charge in [-0.05, 0) is 27.5 Å². The number of halogens is 2. The van der Waals surface area contributed by atoms with Crippen LogP contribution >= 0.6 is 27.5 Å².